The Morgan fingerprint density at radius 3 is 2.53 bits per heavy atom. The summed E-state index contributed by atoms with van der Waals surface area (Å²) < 4.78 is 1.87. The second kappa shape index (κ2) is 6.41. The smallest absolute Gasteiger partial charge is 0.0850 e. The molecule has 2 unspecified atom stereocenters. The fraction of sp³-hybridized carbons (Fsp3) is 0.769. The van der Waals surface area contributed by atoms with Crippen molar-refractivity contribution >= 4 is 11.6 Å². The Labute approximate surface area is 109 Å². The van der Waals surface area contributed by atoms with Gasteiger partial charge in [-0.25, -0.2) is 0 Å². The highest BCUT2D eigenvalue weighted by Crippen LogP contribution is 2.23. The molecule has 0 radical (unpaired) electrons. The summed E-state index contributed by atoms with van der Waals surface area (Å²) in [5.41, 5.74) is 8.21. The van der Waals surface area contributed by atoms with Gasteiger partial charge in [-0.2, -0.15) is 5.10 Å². The van der Waals surface area contributed by atoms with E-state index >= 15 is 0 Å². The first-order valence-electron chi connectivity index (χ1n) is 6.45. The number of hydrogen-bond donors (Lipinski definition) is 1. The first kappa shape index (κ1) is 14.5. The van der Waals surface area contributed by atoms with Gasteiger partial charge in [-0.05, 0) is 18.8 Å². The van der Waals surface area contributed by atoms with Crippen LogP contribution in [0.1, 0.15) is 45.0 Å². The Balaban J connectivity index is 2.71. The normalized spacial score (nSPS) is 14.9. The second-order valence-electron chi connectivity index (χ2n) is 4.90. The van der Waals surface area contributed by atoms with E-state index in [-0.39, 0.29) is 6.04 Å². The molecule has 0 aliphatic carbocycles. The van der Waals surface area contributed by atoms with Gasteiger partial charge in [0.25, 0.3) is 0 Å². The summed E-state index contributed by atoms with van der Waals surface area (Å²) in [7, 11) is 1.94. The van der Waals surface area contributed by atoms with Gasteiger partial charge in [0.15, 0.2) is 0 Å². The number of halogens is 1. The number of hydrogen-bond acceptors (Lipinski definition) is 2. The maximum Gasteiger partial charge on any atom is 0.0850 e. The third-order valence-electron chi connectivity index (χ3n) is 3.36. The lowest BCUT2D eigenvalue weighted by Crippen LogP contribution is -2.26. The van der Waals surface area contributed by atoms with Crippen LogP contribution in [0.5, 0.6) is 0 Å². The van der Waals surface area contributed by atoms with Gasteiger partial charge in [0.2, 0.25) is 0 Å². The summed E-state index contributed by atoms with van der Waals surface area (Å²) in [6.07, 6.45) is 3.90. The highest BCUT2D eigenvalue weighted by Gasteiger charge is 2.16. The van der Waals surface area contributed by atoms with Crippen molar-refractivity contribution in [1.29, 1.82) is 0 Å². The average molecular weight is 258 g/mol. The van der Waals surface area contributed by atoms with E-state index in [1.54, 1.807) is 0 Å². The van der Waals surface area contributed by atoms with Gasteiger partial charge < -0.3 is 5.73 Å². The molecule has 17 heavy (non-hydrogen) atoms. The van der Waals surface area contributed by atoms with Gasteiger partial charge in [-0.1, -0.05) is 38.8 Å². The topological polar surface area (TPSA) is 43.8 Å². The first-order chi connectivity index (χ1) is 7.99. The molecule has 2 N–H and O–H groups in total. The SMILES string of the molecule is CCc1nn(C)c(CC(N)CC(C)CC)c1Cl. The standard InChI is InChI=1S/C13H24ClN3/c1-5-9(3)7-10(15)8-12-13(14)11(6-2)16-17(12)4/h9-10H,5-8,15H2,1-4H3. The lowest BCUT2D eigenvalue weighted by Gasteiger charge is -2.16. The van der Waals surface area contributed by atoms with Gasteiger partial charge >= 0.3 is 0 Å². The van der Waals surface area contributed by atoms with Crippen LogP contribution in [-0.4, -0.2) is 15.8 Å². The van der Waals surface area contributed by atoms with E-state index in [2.05, 4.69) is 25.9 Å². The van der Waals surface area contributed by atoms with Gasteiger partial charge in [0, 0.05) is 19.5 Å². The molecule has 1 rings (SSSR count). The van der Waals surface area contributed by atoms with Gasteiger partial charge in [0.1, 0.15) is 0 Å². The van der Waals surface area contributed by atoms with Crippen molar-refractivity contribution < 1.29 is 0 Å². The molecule has 98 valence electrons. The molecule has 1 heterocycles. The van der Waals surface area contributed by atoms with Crippen molar-refractivity contribution in [2.45, 2.75) is 52.5 Å². The summed E-state index contributed by atoms with van der Waals surface area (Å²) in [6.45, 7) is 6.50. The van der Waals surface area contributed by atoms with E-state index in [0.717, 1.165) is 35.7 Å². The lowest BCUT2D eigenvalue weighted by molar-refractivity contribution is 0.444. The molecule has 1 aromatic heterocycles. The van der Waals surface area contributed by atoms with Crippen LogP contribution in [0.15, 0.2) is 0 Å². The van der Waals surface area contributed by atoms with Crippen LogP contribution in [0, 0.1) is 5.92 Å². The van der Waals surface area contributed by atoms with Crippen molar-refractivity contribution in [3.8, 4) is 0 Å². The molecule has 0 bridgehead atoms. The number of rotatable bonds is 6. The molecule has 0 spiro atoms. The van der Waals surface area contributed by atoms with Gasteiger partial charge in [-0.15, -0.1) is 0 Å². The van der Waals surface area contributed by atoms with Gasteiger partial charge in [0.05, 0.1) is 16.4 Å². The van der Waals surface area contributed by atoms with E-state index in [9.17, 15) is 0 Å². The summed E-state index contributed by atoms with van der Waals surface area (Å²) >= 11 is 6.31. The van der Waals surface area contributed by atoms with Crippen molar-refractivity contribution in [3.05, 3.63) is 16.4 Å². The third kappa shape index (κ3) is 3.71. The number of aromatic nitrogens is 2. The summed E-state index contributed by atoms with van der Waals surface area (Å²) in [5.74, 6) is 0.669. The Hall–Kier alpha value is -0.540. The fourth-order valence-electron chi connectivity index (χ4n) is 2.06. The van der Waals surface area contributed by atoms with Crippen molar-refractivity contribution in [2.75, 3.05) is 0 Å². The zero-order valence-electron chi connectivity index (χ0n) is 11.3. The molecule has 1 aromatic rings. The zero-order chi connectivity index (χ0) is 13.0. The Morgan fingerprint density at radius 2 is 2.06 bits per heavy atom. The van der Waals surface area contributed by atoms with Crippen LogP contribution in [0.4, 0.5) is 0 Å². The van der Waals surface area contributed by atoms with E-state index in [1.807, 2.05) is 11.7 Å². The Bertz CT molecular complexity index is 360. The molecule has 4 heteroatoms. The van der Waals surface area contributed by atoms with Crippen LogP contribution in [0.3, 0.4) is 0 Å². The summed E-state index contributed by atoms with van der Waals surface area (Å²) in [6, 6.07) is 0.169. The van der Waals surface area contributed by atoms with E-state index in [4.69, 9.17) is 17.3 Å². The molecule has 0 aliphatic rings. The molecule has 3 nitrogen and oxygen atoms in total. The number of aryl methyl sites for hydroxylation is 2. The van der Waals surface area contributed by atoms with Crippen molar-refractivity contribution in [3.63, 3.8) is 0 Å². The molecule has 0 aliphatic heterocycles. The number of nitrogens with two attached hydrogens (primary N) is 1. The molecule has 0 fully saturated rings. The summed E-state index contributed by atoms with van der Waals surface area (Å²) in [4.78, 5) is 0. The molecular formula is C13H24ClN3. The highest BCUT2D eigenvalue weighted by atomic mass is 35.5. The number of nitrogens with zero attached hydrogens (tertiary/aromatic N) is 2. The Morgan fingerprint density at radius 1 is 1.41 bits per heavy atom. The molecule has 0 saturated heterocycles. The van der Waals surface area contributed by atoms with Crippen LogP contribution in [-0.2, 0) is 19.9 Å². The monoisotopic (exact) mass is 257 g/mol. The minimum Gasteiger partial charge on any atom is -0.327 e. The molecule has 2 atom stereocenters. The quantitative estimate of drug-likeness (QED) is 0.852. The second-order valence-corrected chi connectivity index (χ2v) is 5.28. The first-order valence-corrected chi connectivity index (χ1v) is 6.83. The third-order valence-corrected chi connectivity index (χ3v) is 3.80. The van der Waals surface area contributed by atoms with Crippen molar-refractivity contribution in [2.24, 2.45) is 18.7 Å². The van der Waals surface area contributed by atoms with Crippen LogP contribution in [0.2, 0.25) is 5.02 Å². The van der Waals surface area contributed by atoms with Crippen LogP contribution >= 0.6 is 11.6 Å². The van der Waals surface area contributed by atoms with E-state index in [0.29, 0.717) is 5.92 Å². The maximum atomic E-state index is 6.31. The van der Waals surface area contributed by atoms with Crippen LogP contribution < -0.4 is 5.73 Å². The highest BCUT2D eigenvalue weighted by molar-refractivity contribution is 6.31. The molecular weight excluding hydrogens is 234 g/mol. The maximum absolute atomic E-state index is 6.31. The minimum atomic E-state index is 0.169. The van der Waals surface area contributed by atoms with E-state index < -0.39 is 0 Å². The largest absolute Gasteiger partial charge is 0.327 e. The van der Waals surface area contributed by atoms with Crippen LogP contribution in [0.25, 0.3) is 0 Å². The lowest BCUT2D eigenvalue weighted by atomic mass is 9.97. The predicted octanol–water partition coefficient (Wildman–Crippen LogP) is 2.94. The Kier molecular flexibility index (Phi) is 5.47. The average Bonchev–Trinajstić information content (AvgIpc) is 2.56. The van der Waals surface area contributed by atoms with Gasteiger partial charge in [-0.3, -0.25) is 4.68 Å². The summed E-state index contributed by atoms with van der Waals surface area (Å²) in [5, 5.41) is 5.21. The fourth-order valence-corrected chi connectivity index (χ4v) is 2.43. The molecule has 0 aromatic carbocycles. The zero-order valence-corrected chi connectivity index (χ0v) is 12.1. The van der Waals surface area contributed by atoms with E-state index in [1.165, 1.54) is 6.42 Å². The van der Waals surface area contributed by atoms with Crippen molar-refractivity contribution in [1.82, 2.24) is 9.78 Å². The predicted molar refractivity (Wildman–Crippen MR) is 73.3 cm³/mol. The minimum absolute atomic E-state index is 0.169. The molecule has 0 saturated carbocycles. The molecule has 0 amide bonds.